The number of Topliss-reactive ketones (excluding diaryl/α,β-unsaturated/α-hetero) is 1. The van der Waals surface area contributed by atoms with Gasteiger partial charge in [0.2, 0.25) is 0 Å². The molecule has 0 spiro atoms. The maximum Gasteiger partial charge on any atom is 0.178 e. The Bertz CT molecular complexity index is 376. The molecule has 2 nitrogen and oxygen atoms in total. The van der Waals surface area contributed by atoms with Crippen LogP contribution in [0.25, 0.3) is 0 Å². The highest BCUT2D eigenvalue weighted by Gasteiger charge is 2.14. The summed E-state index contributed by atoms with van der Waals surface area (Å²) in [5.41, 5.74) is 0.622. The molecule has 0 saturated heterocycles. The molecule has 0 bridgehead atoms. The van der Waals surface area contributed by atoms with E-state index in [1.54, 1.807) is 12.1 Å². The normalized spacial score (nSPS) is 11.2. The molecule has 0 radical (unpaired) electrons. The van der Waals surface area contributed by atoms with Crippen LogP contribution < -0.4 is 0 Å². The molecule has 0 aliphatic carbocycles. The molecule has 0 unspecified atom stereocenters. The third-order valence-electron chi connectivity index (χ3n) is 2.61. The third kappa shape index (κ3) is 4.49. The van der Waals surface area contributed by atoms with Gasteiger partial charge in [0.1, 0.15) is 0 Å². The lowest BCUT2D eigenvalue weighted by atomic mass is 10.1. The molecule has 0 aromatic heterocycles. The summed E-state index contributed by atoms with van der Waals surface area (Å²) in [5, 5.41) is 0.540. The minimum absolute atomic E-state index is 0.0955. The van der Waals surface area contributed by atoms with Crippen LogP contribution in [0.5, 0.6) is 0 Å². The van der Waals surface area contributed by atoms with Gasteiger partial charge in [-0.05, 0) is 24.6 Å². The average molecular weight is 254 g/mol. The lowest BCUT2D eigenvalue weighted by molar-refractivity contribution is 0.0926. The second kappa shape index (κ2) is 6.77. The molecule has 0 saturated carbocycles. The van der Waals surface area contributed by atoms with Gasteiger partial charge >= 0.3 is 0 Å². The molecule has 0 aliphatic rings. The summed E-state index contributed by atoms with van der Waals surface area (Å²) in [7, 11) is 0. The fraction of sp³-hybridized carbons (Fsp3) is 0.500. The maximum atomic E-state index is 12.1. The van der Waals surface area contributed by atoms with E-state index < -0.39 is 0 Å². The molecule has 17 heavy (non-hydrogen) atoms. The van der Waals surface area contributed by atoms with Gasteiger partial charge in [-0.15, -0.1) is 0 Å². The molecule has 1 rings (SSSR count). The number of likely N-dealkylation sites (N-methyl/N-ethyl adjacent to an activating group) is 1. The van der Waals surface area contributed by atoms with Crippen molar-refractivity contribution in [3.63, 3.8) is 0 Å². The quantitative estimate of drug-likeness (QED) is 0.724. The number of hydrogen-bond acceptors (Lipinski definition) is 2. The van der Waals surface area contributed by atoms with Crippen molar-refractivity contribution in [2.45, 2.75) is 20.8 Å². The van der Waals surface area contributed by atoms with Crippen LogP contribution in [0.4, 0.5) is 0 Å². The number of halogens is 1. The van der Waals surface area contributed by atoms with Gasteiger partial charge in [-0.1, -0.05) is 44.5 Å². The molecule has 94 valence electrons. The second-order valence-electron chi connectivity index (χ2n) is 4.62. The first-order valence-electron chi connectivity index (χ1n) is 6.04. The highest BCUT2D eigenvalue weighted by molar-refractivity contribution is 6.34. The number of rotatable bonds is 6. The summed E-state index contributed by atoms with van der Waals surface area (Å²) in [6.07, 6.45) is 0. The Labute approximate surface area is 109 Å². The first kappa shape index (κ1) is 14.2. The first-order valence-corrected chi connectivity index (χ1v) is 6.42. The SMILES string of the molecule is CCN(CC(=O)c1ccccc1Cl)CC(C)C. The number of nitrogens with zero attached hydrogens (tertiary/aromatic N) is 1. The van der Waals surface area contributed by atoms with Crippen LogP contribution in [0.1, 0.15) is 31.1 Å². The van der Waals surface area contributed by atoms with Crippen LogP contribution in [-0.2, 0) is 0 Å². The highest BCUT2D eigenvalue weighted by atomic mass is 35.5. The van der Waals surface area contributed by atoms with Crippen molar-refractivity contribution in [1.29, 1.82) is 0 Å². The largest absolute Gasteiger partial charge is 0.296 e. The van der Waals surface area contributed by atoms with E-state index in [9.17, 15) is 4.79 Å². The van der Waals surface area contributed by atoms with E-state index in [2.05, 4.69) is 25.7 Å². The summed E-state index contributed by atoms with van der Waals surface area (Å²) in [5.74, 6) is 0.659. The van der Waals surface area contributed by atoms with E-state index >= 15 is 0 Å². The standard InChI is InChI=1S/C14H20ClNO/c1-4-16(9-11(2)3)10-14(17)12-7-5-6-8-13(12)15/h5-8,11H,4,9-10H2,1-3H3. The van der Waals surface area contributed by atoms with Gasteiger partial charge < -0.3 is 0 Å². The number of benzene rings is 1. The number of hydrogen-bond donors (Lipinski definition) is 0. The van der Waals surface area contributed by atoms with Crippen molar-refractivity contribution >= 4 is 17.4 Å². The lowest BCUT2D eigenvalue weighted by Gasteiger charge is -2.21. The Morgan fingerprint density at radius 3 is 2.53 bits per heavy atom. The van der Waals surface area contributed by atoms with Gasteiger partial charge in [-0.3, -0.25) is 9.69 Å². The molecule has 1 aromatic rings. The monoisotopic (exact) mass is 253 g/mol. The van der Waals surface area contributed by atoms with Gasteiger partial charge in [-0.2, -0.15) is 0 Å². The Morgan fingerprint density at radius 1 is 1.35 bits per heavy atom. The summed E-state index contributed by atoms with van der Waals surface area (Å²) >= 11 is 6.01. The van der Waals surface area contributed by atoms with Crippen LogP contribution in [0.2, 0.25) is 5.02 Å². The van der Waals surface area contributed by atoms with E-state index in [0.29, 0.717) is 23.0 Å². The predicted molar refractivity (Wildman–Crippen MR) is 72.7 cm³/mol. The van der Waals surface area contributed by atoms with E-state index in [-0.39, 0.29) is 5.78 Å². The summed E-state index contributed by atoms with van der Waals surface area (Å²) in [6, 6.07) is 7.23. The minimum atomic E-state index is 0.0955. The van der Waals surface area contributed by atoms with E-state index in [1.807, 2.05) is 12.1 Å². The molecule has 0 N–H and O–H groups in total. The molecule has 3 heteroatoms. The fourth-order valence-corrected chi connectivity index (χ4v) is 2.04. The zero-order chi connectivity index (χ0) is 12.8. The van der Waals surface area contributed by atoms with Gasteiger partial charge in [-0.25, -0.2) is 0 Å². The van der Waals surface area contributed by atoms with Crippen molar-refractivity contribution < 1.29 is 4.79 Å². The van der Waals surface area contributed by atoms with Crippen LogP contribution in [0.3, 0.4) is 0 Å². The Kier molecular flexibility index (Phi) is 5.66. The third-order valence-corrected chi connectivity index (χ3v) is 2.94. The Hall–Kier alpha value is -0.860. The van der Waals surface area contributed by atoms with Crippen molar-refractivity contribution in [1.82, 2.24) is 4.90 Å². The number of carbonyl (C=O) groups is 1. The molecular formula is C14H20ClNO. The van der Waals surface area contributed by atoms with Gasteiger partial charge in [0.05, 0.1) is 11.6 Å². The van der Waals surface area contributed by atoms with Crippen molar-refractivity contribution in [3.8, 4) is 0 Å². The maximum absolute atomic E-state index is 12.1. The van der Waals surface area contributed by atoms with Crippen molar-refractivity contribution in [2.24, 2.45) is 5.92 Å². The number of carbonyl (C=O) groups excluding carboxylic acids is 1. The van der Waals surface area contributed by atoms with Crippen LogP contribution in [0.15, 0.2) is 24.3 Å². The van der Waals surface area contributed by atoms with E-state index in [0.717, 1.165) is 13.1 Å². The minimum Gasteiger partial charge on any atom is -0.296 e. The molecular weight excluding hydrogens is 234 g/mol. The topological polar surface area (TPSA) is 20.3 Å². The molecule has 0 amide bonds. The van der Waals surface area contributed by atoms with Gasteiger partial charge in [0.15, 0.2) is 5.78 Å². The van der Waals surface area contributed by atoms with Crippen LogP contribution in [0, 0.1) is 5.92 Å². The Balaban J connectivity index is 2.68. The molecule has 0 heterocycles. The molecule has 0 aliphatic heterocycles. The smallest absolute Gasteiger partial charge is 0.178 e. The highest BCUT2D eigenvalue weighted by Crippen LogP contribution is 2.16. The van der Waals surface area contributed by atoms with Crippen LogP contribution >= 0.6 is 11.6 Å². The lowest BCUT2D eigenvalue weighted by Crippen LogP contribution is -2.33. The zero-order valence-corrected chi connectivity index (χ0v) is 11.5. The summed E-state index contributed by atoms with van der Waals surface area (Å²) in [4.78, 5) is 14.2. The fourth-order valence-electron chi connectivity index (χ4n) is 1.80. The zero-order valence-electron chi connectivity index (χ0n) is 10.7. The van der Waals surface area contributed by atoms with E-state index in [4.69, 9.17) is 11.6 Å². The first-order chi connectivity index (χ1) is 8.04. The summed E-state index contributed by atoms with van der Waals surface area (Å²) < 4.78 is 0. The van der Waals surface area contributed by atoms with Gasteiger partial charge in [0, 0.05) is 12.1 Å². The predicted octanol–water partition coefficient (Wildman–Crippen LogP) is 3.50. The van der Waals surface area contributed by atoms with Crippen molar-refractivity contribution in [2.75, 3.05) is 19.6 Å². The second-order valence-corrected chi connectivity index (χ2v) is 5.03. The summed E-state index contributed by atoms with van der Waals surface area (Å²) in [6.45, 7) is 8.65. The van der Waals surface area contributed by atoms with E-state index in [1.165, 1.54) is 0 Å². The van der Waals surface area contributed by atoms with Crippen molar-refractivity contribution in [3.05, 3.63) is 34.9 Å². The Morgan fingerprint density at radius 2 is 2.00 bits per heavy atom. The molecule has 0 atom stereocenters. The van der Waals surface area contributed by atoms with Gasteiger partial charge in [0.25, 0.3) is 0 Å². The molecule has 1 aromatic carbocycles. The average Bonchev–Trinajstić information content (AvgIpc) is 2.27. The number of ketones is 1. The molecule has 0 fully saturated rings. The van der Waals surface area contributed by atoms with Crippen LogP contribution in [-0.4, -0.2) is 30.3 Å².